The van der Waals surface area contributed by atoms with Gasteiger partial charge in [0.1, 0.15) is 0 Å². The number of hydrogen-bond donors (Lipinski definition) is 0. The summed E-state index contributed by atoms with van der Waals surface area (Å²) in [5.74, 6) is -0.366. The summed E-state index contributed by atoms with van der Waals surface area (Å²) in [4.78, 5) is 13.8. The Bertz CT molecular complexity index is 425. The molecule has 0 spiro atoms. The number of esters is 1. The first-order valence-corrected chi connectivity index (χ1v) is 6.06. The molecule has 1 aromatic carbocycles. The van der Waals surface area contributed by atoms with Crippen molar-refractivity contribution < 1.29 is 9.53 Å². The summed E-state index contributed by atoms with van der Waals surface area (Å²) in [7, 11) is 3.81. The minimum Gasteiger partial charge on any atom is -0.436 e. The molecule has 0 aliphatic rings. The second-order valence-electron chi connectivity index (χ2n) is 4.57. The van der Waals surface area contributed by atoms with Crippen molar-refractivity contribution in [3.63, 3.8) is 0 Å². The first-order chi connectivity index (χ1) is 8.44. The second kappa shape index (κ2) is 5.83. The quantitative estimate of drug-likeness (QED) is 0.455. The van der Waals surface area contributed by atoms with E-state index in [0.717, 1.165) is 5.56 Å². The molecule has 0 saturated heterocycles. The van der Waals surface area contributed by atoms with Crippen molar-refractivity contribution in [3.05, 3.63) is 48.0 Å². The predicted octanol–water partition coefficient (Wildman–Crippen LogP) is 2.93. The number of hydrogen-bond acceptors (Lipinski definition) is 3. The second-order valence-corrected chi connectivity index (χ2v) is 4.57. The van der Waals surface area contributed by atoms with Gasteiger partial charge in [0.2, 0.25) is 0 Å². The lowest BCUT2D eigenvalue weighted by molar-refractivity contribution is -0.179. The van der Waals surface area contributed by atoms with Crippen molar-refractivity contribution in [2.24, 2.45) is 0 Å². The summed E-state index contributed by atoms with van der Waals surface area (Å²) in [6.07, 6.45) is 0.670. The van der Waals surface area contributed by atoms with Crippen LogP contribution in [-0.2, 0) is 15.3 Å². The topological polar surface area (TPSA) is 29.5 Å². The summed E-state index contributed by atoms with van der Waals surface area (Å²) in [6, 6.07) is 9.76. The molecule has 0 aliphatic heterocycles. The summed E-state index contributed by atoms with van der Waals surface area (Å²) in [5, 5.41) is 0. The molecule has 1 atom stereocenters. The van der Waals surface area contributed by atoms with E-state index in [2.05, 4.69) is 6.58 Å². The zero-order valence-corrected chi connectivity index (χ0v) is 11.6. The van der Waals surface area contributed by atoms with Gasteiger partial charge >= 0.3 is 5.97 Å². The van der Waals surface area contributed by atoms with Crippen LogP contribution in [0.15, 0.2) is 42.5 Å². The van der Waals surface area contributed by atoms with Crippen molar-refractivity contribution in [3.8, 4) is 0 Å². The van der Waals surface area contributed by atoms with E-state index in [1.807, 2.05) is 56.3 Å². The standard InChI is InChI=1S/C15H21NO2/c1-6-15(16(4)5,18-14(17)12(2)3)13-10-8-7-9-11-13/h7-11H,2,6H2,1,3-5H3. The van der Waals surface area contributed by atoms with Gasteiger partial charge in [0, 0.05) is 17.6 Å². The first-order valence-electron chi connectivity index (χ1n) is 6.06. The van der Waals surface area contributed by atoms with E-state index in [0.29, 0.717) is 12.0 Å². The van der Waals surface area contributed by atoms with Gasteiger partial charge in [0.05, 0.1) is 0 Å². The molecule has 3 nitrogen and oxygen atoms in total. The van der Waals surface area contributed by atoms with Crippen LogP contribution in [-0.4, -0.2) is 25.0 Å². The molecule has 0 heterocycles. The van der Waals surface area contributed by atoms with Crippen LogP contribution in [0.1, 0.15) is 25.8 Å². The van der Waals surface area contributed by atoms with Crippen LogP contribution < -0.4 is 0 Å². The van der Waals surface area contributed by atoms with E-state index < -0.39 is 5.72 Å². The molecule has 3 heteroatoms. The van der Waals surface area contributed by atoms with Crippen LogP contribution in [0.2, 0.25) is 0 Å². The van der Waals surface area contributed by atoms with Crippen molar-refractivity contribution in [1.29, 1.82) is 0 Å². The largest absolute Gasteiger partial charge is 0.436 e. The van der Waals surface area contributed by atoms with E-state index in [1.165, 1.54) is 0 Å². The van der Waals surface area contributed by atoms with Gasteiger partial charge in [-0.1, -0.05) is 43.8 Å². The fraction of sp³-hybridized carbons (Fsp3) is 0.400. The Morgan fingerprint density at radius 2 is 1.89 bits per heavy atom. The van der Waals surface area contributed by atoms with E-state index in [1.54, 1.807) is 6.92 Å². The highest BCUT2D eigenvalue weighted by Crippen LogP contribution is 2.32. The van der Waals surface area contributed by atoms with Crippen LogP contribution >= 0.6 is 0 Å². The molecule has 0 N–H and O–H groups in total. The molecule has 0 aromatic heterocycles. The Morgan fingerprint density at radius 3 is 2.28 bits per heavy atom. The lowest BCUT2D eigenvalue weighted by atomic mass is 9.98. The number of carbonyl (C=O) groups excluding carboxylic acids is 1. The van der Waals surface area contributed by atoms with Gasteiger partial charge < -0.3 is 4.74 Å². The molecule has 0 amide bonds. The fourth-order valence-corrected chi connectivity index (χ4v) is 1.94. The molecular formula is C15H21NO2. The Hall–Kier alpha value is -1.61. The van der Waals surface area contributed by atoms with E-state index in [-0.39, 0.29) is 5.97 Å². The minimum absolute atomic E-state index is 0.366. The maximum atomic E-state index is 11.8. The van der Waals surface area contributed by atoms with Gasteiger partial charge in [-0.25, -0.2) is 4.79 Å². The SMILES string of the molecule is C=C(C)C(=O)OC(CC)(c1ccccc1)N(C)C. The van der Waals surface area contributed by atoms with Crippen LogP contribution in [0.5, 0.6) is 0 Å². The number of rotatable bonds is 5. The molecule has 0 fully saturated rings. The smallest absolute Gasteiger partial charge is 0.335 e. The highest BCUT2D eigenvalue weighted by Gasteiger charge is 2.37. The van der Waals surface area contributed by atoms with Gasteiger partial charge in [-0.05, 0) is 21.0 Å². The third kappa shape index (κ3) is 2.79. The number of benzene rings is 1. The first kappa shape index (κ1) is 14.5. The van der Waals surface area contributed by atoms with Crippen LogP contribution in [0, 0.1) is 0 Å². The average Bonchev–Trinajstić information content (AvgIpc) is 2.36. The lowest BCUT2D eigenvalue weighted by Crippen LogP contribution is -2.45. The van der Waals surface area contributed by atoms with E-state index in [9.17, 15) is 4.79 Å². The zero-order valence-electron chi connectivity index (χ0n) is 11.6. The molecule has 0 radical (unpaired) electrons. The molecule has 0 aliphatic carbocycles. The predicted molar refractivity (Wildman–Crippen MR) is 73.0 cm³/mol. The van der Waals surface area contributed by atoms with Gasteiger partial charge in [-0.2, -0.15) is 0 Å². The van der Waals surface area contributed by atoms with Crippen LogP contribution in [0.4, 0.5) is 0 Å². The Morgan fingerprint density at radius 1 is 1.33 bits per heavy atom. The van der Waals surface area contributed by atoms with Crippen molar-refractivity contribution >= 4 is 5.97 Å². The molecule has 98 valence electrons. The Balaban J connectivity index is 3.18. The maximum Gasteiger partial charge on any atom is 0.335 e. The molecular weight excluding hydrogens is 226 g/mol. The van der Waals surface area contributed by atoms with Gasteiger partial charge in [0.25, 0.3) is 0 Å². The molecule has 1 aromatic rings. The van der Waals surface area contributed by atoms with Crippen molar-refractivity contribution in [2.75, 3.05) is 14.1 Å². The van der Waals surface area contributed by atoms with Gasteiger partial charge in [-0.15, -0.1) is 0 Å². The third-order valence-electron chi connectivity index (χ3n) is 3.04. The summed E-state index contributed by atoms with van der Waals surface area (Å²) in [5.41, 5.74) is 0.634. The summed E-state index contributed by atoms with van der Waals surface area (Å²) < 4.78 is 5.68. The average molecular weight is 247 g/mol. The number of nitrogens with zero attached hydrogens (tertiary/aromatic N) is 1. The molecule has 0 saturated carbocycles. The highest BCUT2D eigenvalue weighted by atomic mass is 16.6. The summed E-state index contributed by atoms with van der Waals surface area (Å²) >= 11 is 0. The lowest BCUT2D eigenvalue weighted by Gasteiger charge is -2.38. The maximum absolute atomic E-state index is 11.8. The van der Waals surface area contributed by atoms with E-state index in [4.69, 9.17) is 4.74 Å². The fourth-order valence-electron chi connectivity index (χ4n) is 1.94. The molecule has 1 rings (SSSR count). The normalized spacial score (nSPS) is 14.1. The molecule has 0 bridgehead atoms. The monoisotopic (exact) mass is 247 g/mol. The van der Waals surface area contributed by atoms with Crippen LogP contribution in [0.25, 0.3) is 0 Å². The van der Waals surface area contributed by atoms with Gasteiger partial charge in [0.15, 0.2) is 5.72 Å². The van der Waals surface area contributed by atoms with Crippen LogP contribution in [0.3, 0.4) is 0 Å². The highest BCUT2D eigenvalue weighted by molar-refractivity contribution is 5.87. The molecule has 1 unspecified atom stereocenters. The van der Waals surface area contributed by atoms with Crippen molar-refractivity contribution in [1.82, 2.24) is 4.90 Å². The molecule has 18 heavy (non-hydrogen) atoms. The third-order valence-corrected chi connectivity index (χ3v) is 3.04. The number of ether oxygens (including phenoxy) is 1. The van der Waals surface area contributed by atoms with E-state index >= 15 is 0 Å². The van der Waals surface area contributed by atoms with Gasteiger partial charge in [-0.3, -0.25) is 4.90 Å². The zero-order chi connectivity index (χ0) is 13.8. The number of carbonyl (C=O) groups is 1. The Kier molecular flexibility index (Phi) is 4.68. The minimum atomic E-state index is -0.739. The van der Waals surface area contributed by atoms with Crippen molar-refractivity contribution in [2.45, 2.75) is 26.0 Å². The Labute approximate surface area is 109 Å². The summed E-state index contributed by atoms with van der Waals surface area (Å²) in [6.45, 7) is 7.29.